The second kappa shape index (κ2) is 3.46. The van der Waals surface area contributed by atoms with Crippen molar-refractivity contribution in [2.45, 2.75) is 26.1 Å². The molecule has 0 amide bonds. The fraction of sp³-hybridized carbons (Fsp3) is 0.778. The zero-order valence-electron chi connectivity index (χ0n) is 8.14. The Balaban J connectivity index is 2.95. The van der Waals surface area contributed by atoms with Gasteiger partial charge in [-0.1, -0.05) is 0 Å². The van der Waals surface area contributed by atoms with Crippen LogP contribution in [0.3, 0.4) is 0 Å². The minimum Gasteiger partial charge on any atom is -0.498 e. The van der Waals surface area contributed by atoms with Crippen LogP contribution >= 0.6 is 0 Å². The summed E-state index contributed by atoms with van der Waals surface area (Å²) >= 11 is 0. The molecule has 0 aromatic heterocycles. The van der Waals surface area contributed by atoms with Crippen molar-refractivity contribution in [1.82, 2.24) is 0 Å². The lowest BCUT2D eigenvalue weighted by molar-refractivity contribution is -0.197. The number of rotatable bonds is 2. The molecule has 1 aliphatic rings. The van der Waals surface area contributed by atoms with Crippen LogP contribution in [-0.2, 0) is 14.2 Å². The monoisotopic (exact) mass is 172 g/mol. The third-order valence-electron chi connectivity index (χ3n) is 2.51. The molecule has 0 aliphatic carbocycles. The summed E-state index contributed by atoms with van der Waals surface area (Å²) in [6, 6.07) is 0. The van der Waals surface area contributed by atoms with E-state index in [0.29, 0.717) is 6.61 Å². The van der Waals surface area contributed by atoms with Crippen molar-refractivity contribution in [2.75, 3.05) is 20.8 Å². The maximum atomic E-state index is 5.37. The lowest BCUT2D eigenvalue weighted by Crippen LogP contribution is -2.39. The Hall–Kier alpha value is -0.540. The fourth-order valence-corrected chi connectivity index (χ4v) is 1.50. The normalized spacial score (nSPS) is 22.3. The van der Waals surface area contributed by atoms with Gasteiger partial charge in [-0.15, -0.1) is 0 Å². The Morgan fingerprint density at radius 2 is 1.83 bits per heavy atom. The van der Waals surface area contributed by atoms with Crippen molar-refractivity contribution in [1.29, 1.82) is 0 Å². The molecular formula is C9H16O3. The van der Waals surface area contributed by atoms with E-state index in [0.717, 1.165) is 17.8 Å². The van der Waals surface area contributed by atoms with Crippen LogP contribution < -0.4 is 0 Å². The van der Waals surface area contributed by atoms with Gasteiger partial charge in [0, 0.05) is 26.2 Å². The molecule has 0 saturated carbocycles. The minimum absolute atomic E-state index is 0.553. The summed E-state index contributed by atoms with van der Waals surface area (Å²) in [4.78, 5) is 0. The van der Waals surface area contributed by atoms with Gasteiger partial charge in [0.15, 0.2) is 5.79 Å². The number of allylic oxidation sites excluding steroid dienone is 1. The topological polar surface area (TPSA) is 27.7 Å². The van der Waals surface area contributed by atoms with E-state index in [9.17, 15) is 0 Å². The van der Waals surface area contributed by atoms with Crippen molar-refractivity contribution in [2.24, 2.45) is 0 Å². The van der Waals surface area contributed by atoms with Crippen LogP contribution in [0.15, 0.2) is 11.3 Å². The molecule has 0 spiro atoms. The van der Waals surface area contributed by atoms with Crippen molar-refractivity contribution >= 4 is 0 Å². The third kappa shape index (κ3) is 1.34. The van der Waals surface area contributed by atoms with Gasteiger partial charge in [-0.2, -0.15) is 0 Å². The highest BCUT2D eigenvalue weighted by Crippen LogP contribution is 2.32. The first-order chi connectivity index (χ1) is 5.66. The highest BCUT2D eigenvalue weighted by Gasteiger charge is 2.36. The van der Waals surface area contributed by atoms with Gasteiger partial charge in [-0.25, -0.2) is 0 Å². The lowest BCUT2D eigenvalue weighted by Gasteiger charge is -2.36. The van der Waals surface area contributed by atoms with Gasteiger partial charge in [-0.05, 0) is 13.8 Å². The SMILES string of the molecule is COC1(OC)CCOC(C)=C1C. The Labute approximate surface area is 73.3 Å². The summed E-state index contributed by atoms with van der Waals surface area (Å²) in [5.74, 6) is 0.354. The average molecular weight is 172 g/mol. The van der Waals surface area contributed by atoms with Crippen LogP contribution in [0.4, 0.5) is 0 Å². The second-order valence-electron chi connectivity index (χ2n) is 2.94. The van der Waals surface area contributed by atoms with Crippen LogP contribution in [0.5, 0.6) is 0 Å². The maximum Gasteiger partial charge on any atom is 0.196 e. The molecular weight excluding hydrogens is 156 g/mol. The molecule has 0 fully saturated rings. The largest absolute Gasteiger partial charge is 0.498 e. The molecule has 1 aliphatic heterocycles. The van der Waals surface area contributed by atoms with E-state index in [2.05, 4.69) is 0 Å². The van der Waals surface area contributed by atoms with Gasteiger partial charge in [0.05, 0.1) is 12.4 Å². The number of methoxy groups -OCH3 is 2. The van der Waals surface area contributed by atoms with Gasteiger partial charge < -0.3 is 14.2 Å². The summed E-state index contributed by atoms with van der Waals surface area (Å²) in [7, 11) is 3.32. The lowest BCUT2D eigenvalue weighted by atomic mass is 10.0. The van der Waals surface area contributed by atoms with Gasteiger partial charge in [0.25, 0.3) is 0 Å². The number of hydrogen-bond donors (Lipinski definition) is 0. The van der Waals surface area contributed by atoms with Crippen LogP contribution in [0.25, 0.3) is 0 Å². The Kier molecular flexibility index (Phi) is 2.75. The van der Waals surface area contributed by atoms with Crippen LogP contribution in [-0.4, -0.2) is 26.6 Å². The van der Waals surface area contributed by atoms with E-state index in [1.54, 1.807) is 14.2 Å². The highest BCUT2D eigenvalue weighted by atomic mass is 16.7. The summed E-state index contributed by atoms with van der Waals surface area (Å²) in [5, 5.41) is 0. The first kappa shape index (κ1) is 9.55. The molecule has 0 atom stereocenters. The molecule has 0 aromatic carbocycles. The predicted molar refractivity (Wildman–Crippen MR) is 45.7 cm³/mol. The average Bonchev–Trinajstić information content (AvgIpc) is 2.11. The van der Waals surface area contributed by atoms with Crippen LogP contribution in [0.1, 0.15) is 20.3 Å². The minimum atomic E-state index is -0.553. The second-order valence-corrected chi connectivity index (χ2v) is 2.94. The summed E-state index contributed by atoms with van der Waals surface area (Å²) in [5.41, 5.74) is 1.03. The van der Waals surface area contributed by atoms with Gasteiger partial charge in [-0.3, -0.25) is 0 Å². The molecule has 1 rings (SSSR count). The molecule has 0 unspecified atom stereocenters. The first-order valence-electron chi connectivity index (χ1n) is 4.07. The van der Waals surface area contributed by atoms with Crippen LogP contribution in [0.2, 0.25) is 0 Å². The Bertz CT molecular complexity index is 192. The molecule has 0 aromatic rings. The highest BCUT2D eigenvalue weighted by molar-refractivity contribution is 5.16. The molecule has 3 heteroatoms. The molecule has 0 radical (unpaired) electrons. The molecule has 1 heterocycles. The molecule has 0 bridgehead atoms. The zero-order chi connectivity index (χ0) is 9.19. The van der Waals surface area contributed by atoms with Crippen molar-refractivity contribution in [3.05, 3.63) is 11.3 Å². The Morgan fingerprint density at radius 3 is 2.25 bits per heavy atom. The van der Waals surface area contributed by atoms with Crippen LogP contribution in [0, 0.1) is 0 Å². The smallest absolute Gasteiger partial charge is 0.196 e. The molecule has 70 valence electrons. The fourth-order valence-electron chi connectivity index (χ4n) is 1.50. The summed E-state index contributed by atoms with van der Waals surface area (Å²) < 4.78 is 16.1. The van der Waals surface area contributed by atoms with E-state index in [1.165, 1.54) is 0 Å². The number of ether oxygens (including phenoxy) is 3. The van der Waals surface area contributed by atoms with Gasteiger partial charge in [0.1, 0.15) is 0 Å². The predicted octanol–water partition coefficient (Wildman–Crippen LogP) is 1.69. The maximum absolute atomic E-state index is 5.37. The van der Waals surface area contributed by atoms with Gasteiger partial charge >= 0.3 is 0 Å². The van der Waals surface area contributed by atoms with Crippen molar-refractivity contribution in [3.63, 3.8) is 0 Å². The Morgan fingerprint density at radius 1 is 1.25 bits per heavy atom. The first-order valence-corrected chi connectivity index (χ1v) is 4.07. The van der Waals surface area contributed by atoms with Gasteiger partial charge in [0.2, 0.25) is 0 Å². The zero-order valence-corrected chi connectivity index (χ0v) is 8.14. The quantitative estimate of drug-likeness (QED) is 0.593. The molecule has 12 heavy (non-hydrogen) atoms. The molecule has 0 saturated heterocycles. The summed E-state index contributed by atoms with van der Waals surface area (Å²) in [6.07, 6.45) is 0.753. The van der Waals surface area contributed by atoms with E-state index >= 15 is 0 Å². The summed E-state index contributed by atoms with van der Waals surface area (Å²) in [6.45, 7) is 4.56. The van der Waals surface area contributed by atoms with E-state index in [4.69, 9.17) is 14.2 Å². The number of hydrogen-bond acceptors (Lipinski definition) is 3. The van der Waals surface area contributed by atoms with E-state index < -0.39 is 5.79 Å². The van der Waals surface area contributed by atoms with E-state index in [1.807, 2.05) is 13.8 Å². The third-order valence-corrected chi connectivity index (χ3v) is 2.51. The molecule has 0 N–H and O–H groups in total. The van der Waals surface area contributed by atoms with Crippen molar-refractivity contribution < 1.29 is 14.2 Å². The standard InChI is InChI=1S/C9H16O3/c1-7-8(2)12-6-5-9(7,10-3)11-4/h5-6H2,1-4H3. The molecule has 3 nitrogen and oxygen atoms in total. The van der Waals surface area contributed by atoms with Crippen molar-refractivity contribution in [3.8, 4) is 0 Å². The van der Waals surface area contributed by atoms with E-state index in [-0.39, 0.29) is 0 Å².